The number of nitriles is 1. The van der Waals surface area contributed by atoms with Crippen LogP contribution < -0.4 is 0 Å². The normalized spacial score (nSPS) is 51.6. The van der Waals surface area contributed by atoms with E-state index in [9.17, 15) is 5.26 Å². The Kier molecular flexibility index (Phi) is 4.49. The van der Waals surface area contributed by atoms with Crippen molar-refractivity contribution in [1.82, 2.24) is 0 Å². The highest BCUT2D eigenvalue weighted by Crippen LogP contribution is 2.68. The van der Waals surface area contributed by atoms with Crippen molar-refractivity contribution >= 4 is 0 Å². The lowest BCUT2D eigenvalue weighted by Crippen LogP contribution is -2.53. The Morgan fingerprint density at radius 3 is 2.36 bits per heavy atom. The van der Waals surface area contributed by atoms with Crippen molar-refractivity contribution < 1.29 is 0 Å². The van der Waals surface area contributed by atoms with Gasteiger partial charge in [0.15, 0.2) is 0 Å². The van der Waals surface area contributed by atoms with Gasteiger partial charge in [-0.05, 0) is 105 Å². The van der Waals surface area contributed by atoms with Crippen LogP contribution in [-0.4, -0.2) is 0 Å². The van der Waals surface area contributed by atoms with E-state index in [2.05, 4.69) is 33.8 Å². The summed E-state index contributed by atoms with van der Waals surface area (Å²) >= 11 is 0. The Balaban J connectivity index is 1.58. The second kappa shape index (κ2) is 6.28. The predicted octanol–water partition coefficient (Wildman–Crippen LogP) is 6.83. The van der Waals surface area contributed by atoms with Crippen molar-refractivity contribution in [3.05, 3.63) is 0 Å². The third-order valence-electron chi connectivity index (χ3n) is 10.3. The van der Waals surface area contributed by atoms with Crippen LogP contribution in [-0.2, 0) is 0 Å². The Morgan fingerprint density at radius 1 is 0.840 bits per heavy atom. The molecule has 9 atom stereocenters. The first-order chi connectivity index (χ1) is 11.9. The first kappa shape index (κ1) is 17.9. The van der Waals surface area contributed by atoms with Crippen LogP contribution in [0.25, 0.3) is 0 Å². The molecule has 0 amide bonds. The zero-order valence-electron chi connectivity index (χ0n) is 17.1. The average Bonchev–Trinajstić information content (AvgIpc) is 2.97. The van der Waals surface area contributed by atoms with E-state index in [1.165, 1.54) is 64.2 Å². The Hall–Kier alpha value is -0.510. The van der Waals surface area contributed by atoms with E-state index in [1.54, 1.807) is 0 Å². The van der Waals surface area contributed by atoms with Crippen molar-refractivity contribution in [2.75, 3.05) is 0 Å². The maximum Gasteiger partial charge on any atom is 0.0655 e. The molecule has 4 fully saturated rings. The molecule has 4 aliphatic rings. The summed E-state index contributed by atoms with van der Waals surface area (Å²) in [4.78, 5) is 0. The molecule has 25 heavy (non-hydrogen) atoms. The molecule has 0 aromatic rings. The first-order valence-corrected chi connectivity index (χ1v) is 11.3. The zero-order valence-corrected chi connectivity index (χ0v) is 17.1. The van der Waals surface area contributed by atoms with E-state index in [-0.39, 0.29) is 5.92 Å². The molecule has 4 saturated carbocycles. The van der Waals surface area contributed by atoms with Crippen LogP contribution in [0, 0.1) is 63.6 Å². The fourth-order valence-corrected chi connectivity index (χ4v) is 8.67. The lowest BCUT2D eigenvalue weighted by Gasteiger charge is -2.61. The van der Waals surface area contributed by atoms with Crippen LogP contribution in [0.5, 0.6) is 0 Å². The smallest absolute Gasteiger partial charge is 0.0655 e. The van der Waals surface area contributed by atoms with Gasteiger partial charge in [-0.2, -0.15) is 5.26 Å². The lowest BCUT2D eigenvalue weighted by atomic mass is 9.44. The molecule has 2 unspecified atom stereocenters. The molecule has 0 saturated heterocycles. The summed E-state index contributed by atoms with van der Waals surface area (Å²) in [5, 5.41) is 9.45. The highest BCUT2D eigenvalue weighted by atomic mass is 14.6. The third kappa shape index (κ3) is 2.53. The Morgan fingerprint density at radius 2 is 1.60 bits per heavy atom. The van der Waals surface area contributed by atoms with E-state index < -0.39 is 0 Å². The van der Waals surface area contributed by atoms with Gasteiger partial charge in [-0.1, -0.05) is 33.6 Å². The Bertz CT molecular complexity index is 547. The second-order valence-electron chi connectivity index (χ2n) is 10.9. The summed E-state index contributed by atoms with van der Waals surface area (Å²) in [6.45, 7) is 9.84. The predicted molar refractivity (Wildman–Crippen MR) is 104 cm³/mol. The molecular weight excluding hydrogens is 302 g/mol. The summed E-state index contributed by atoms with van der Waals surface area (Å²) in [5.41, 5.74) is 1.18. The van der Waals surface area contributed by atoms with Gasteiger partial charge in [0.2, 0.25) is 0 Å². The van der Waals surface area contributed by atoms with Gasteiger partial charge in [0.05, 0.1) is 6.07 Å². The molecule has 0 bridgehead atoms. The number of hydrogen-bond acceptors (Lipinski definition) is 1. The highest BCUT2D eigenvalue weighted by Gasteiger charge is 2.60. The number of hydrogen-bond donors (Lipinski definition) is 0. The average molecular weight is 342 g/mol. The van der Waals surface area contributed by atoms with Crippen molar-refractivity contribution in [3.63, 3.8) is 0 Å². The fourth-order valence-electron chi connectivity index (χ4n) is 8.67. The van der Waals surface area contributed by atoms with Crippen LogP contribution >= 0.6 is 0 Å². The van der Waals surface area contributed by atoms with Crippen LogP contribution in [0.3, 0.4) is 0 Å². The minimum Gasteiger partial charge on any atom is -0.198 e. The van der Waals surface area contributed by atoms with Crippen molar-refractivity contribution in [2.24, 2.45) is 52.3 Å². The van der Waals surface area contributed by atoms with Crippen LogP contribution in [0.2, 0.25) is 0 Å². The first-order valence-electron chi connectivity index (χ1n) is 11.3. The molecule has 0 aromatic heterocycles. The van der Waals surface area contributed by atoms with Gasteiger partial charge in [0.25, 0.3) is 0 Å². The monoisotopic (exact) mass is 341 g/mol. The molecule has 1 nitrogen and oxygen atoms in total. The molecule has 0 heterocycles. The standard InChI is InChI=1S/C24H39N/c1-16(15-25)17(2)20-10-11-21-19-9-8-18-7-5-6-13-23(18,3)22(19)12-14-24(20,21)4/h16-22H,5-14H2,1-4H3/t16?,17-,18?,19+,20-,21+,22+,23+,24-/m1/s1. The van der Waals surface area contributed by atoms with E-state index in [0.717, 1.165) is 29.6 Å². The molecule has 0 spiro atoms. The summed E-state index contributed by atoms with van der Waals surface area (Å²) in [7, 11) is 0. The van der Waals surface area contributed by atoms with E-state index >= 15 is 0 Å². The minimum atomic E-state index is 0.213. The van der Waals surface area contributed by atoms with Crippen molar-refractivity contribution in [2.45, 2.75) is 91.9 Å². The molecule has 0 N–H and O–H groups in total. The summed E-state index contributed by atoms with van der Waals surface area (Å²) < 4.78 is 0. The van der Waals surface area contributed by atoms with Crippen LogP contribution in [0.15, 0.2) is 0 Å². The zero-order chi connectivity index (χ0) is 17.8. The quantitative estimate of drug-likeness (QED) is 0.540. The number of fused-ring (bicyclic) bond motifs is 5. The second-order valence-corrected chi connectivity index (χ2v) is 10.9. The molecule has 4 aliphatic carbocycles. The molecule has 1 heteroatoms. The molecule has 0 aliphatic heterocycles. The van der Waals surface area contributed by atoms with Crippen molar-refractivity contribution in [1.29, 1.82) is 5.26 Å². The van der Waals surface area contributed by atoms with Gasteiger partial charge in [-0.3, -0.25) is 0 Å². The fraction of sp³-hybridized carbons (Fsp3) is 0.958. The number of rotatable bonds is 2. The van der Waals surface area contributed by atoms with Gasteiger partial charge in [0, 0.05) is 5.92 Å². The van der Waals surface area contributed by atoms with Gasteiger partial charge in [0.1, 0.15) is 0 Å². The summed E-state index contributed by atoms with van der Waals surface area (Å²) in [5.74, 6) is 5.54. The summed E-state index contributed by atoms with van der Waals surface area (Å²) in [6.07, 6.45) is 14.8. The maximum atomic E-state index is 9.45. The molecule has 0 aromatic carbocycles. The van der Waals surface area contributed by atoms with Gasteiger partial charge < -0.3 is 0 Å². The van der Waals surface area contributed by atoms with Crippen LogP contribution in [0.1, 0.15) is 91.9 Å². The number of nitrogens with zero attached hydrogens (tertiary/aromatic N) is 1. The highest BCUT2D eigenvalue weighted by molar-refractivity contribution is 5.10. The largest absolute Gasteiger partial charge is 0.198 e. The molecule has 0 radical (unpaired) electrons. The Labute approximate surface area is 156 Å². The van der Waals surface area contributed by atoms with E-state index in [4.69, 9.17) is 0 Å². The lowest BCUT2D eigenvalue weighted by molar-refractivity contribution is -0.115. The topological polar surface area (TPSA) is 23.8 Å². The van der Waals surface area contributed by atoms with E-state index in [1.807, 2.05) is 0 Å². The van der Waals surface area contributed by atoms with E-state index in [0.29, 0.717) is 16.7 Å². The van der Waals surface area contributed by atoms with Crippen LogP contribution in [0.4, 0.5) is 0 Å². The van der Waals surface area contributed by atoms with Gasteiger partial charge in [-0.25, -0.2) is 0 Å². The minimum absolute atomic E-state index is 0.213. The third-order valence-corrected chi connectivity index (χ3v) is 10.3. The van der Waals surface area contributed by atoms with Crippen molar-refractivity contribution in [3.8, 4) is 6.07 Å². The van der Waals surface area contributed by atoms with Gasteiger partial charge >= 0.3 is 0 Å². The molecular formula is C24H39N. The SMILES string of the molecule is CC(C#N)[C@@H](C)[C@H]1CC[C@H]2[C@@H]3CCC4CCCC[C@]4(C)[C@H]3CC[C@]12C. The molecule has 140 valence electrons. The molecule has 4 rings (SSSR count). The summed E-state index contributed by atoms with van der Waals surface area (Å²) in [6, 6.07) is 2.55. The maximum absolute atomic E-state index is 9.45. The van der Waals surface area contributed by atoms with Gasteiger partial charge in [-0.15, -0.1) is 0 Å².